The van der Waals surface area contributed by atoms with Crippen LogP contribution in [0, 0.1) is 12.7 Å². The molecule has 0 unspecified atom stereocenters. The van der Waals surface area contributed by atoms with Crippen LogP contribution >= 0.6 is 0 Å². The first-order chi connectivity index (χ1) is 14.5. The molecule has 5 heteroatoms. The Bertz CT molecular complexity index is 1080. The van der Waals surface area contributed by atoms with E-state index in [0.29, 0.717) is 29.5 Å². The molecule has 4 rings (SSSR count). The molecular formula is C25H23FN2O2. The van der Waals surface area contributed by atoms with Gasteiger partial charge in [-0.2, -0.15) is 0 Å². The van der Waals surface area contributed by atoms with E-state index in [9.17, 15) is 14.0 Å². The largest absolute Gasteiger partial charge is 0.368 e. The molecule has 0 spiro atoms. The first kappa shape index (κ1) is 19.8. The van der Waals surface area contributed by atoms with Crippen LogP contribution in [-0.4, -0.2) is 16.7 Å². The molecule has 0 fully saturated rings. The number of hydrogen-bond acceptors (Lipinski definition) is 2. The predicted molar refractivity (Wildman–Crippen MR) is 113 cm³/mol. The Morgan fingerprint density at radius 2 is 1.67 bits per heavy atom. The number of carbonyl (C=O) groups is 2. The molecule has 1 aliphatic carbocycles. The van der Waals surface area contributed by atoms with Crippen LogP contribution in [0.1, 0.15) is 51.1 Å². The number of primary amides is 1. The van der Waals surface area contributed by atoms with Crippen molar-refractivity contribution in [2.75, 3.05) is 0 Å². The van der Waals surface area contributed by atoms with E-state index in [1.54, 1.807) is 36.4 Å². The second-order valence-electron chi connectivity index (χ2n) is 7.66. The lowest BCUT2D eigenvalue weighted by Gasteiger charge is -2.36. The van der Waals surface area contributed by atoms with Crippen LogP contribution in [0.15, 0.2) is 72.8 Å². The van der Waals surface area contributed by atoms with E-state index in [4.69, 9.17) is 5.73 Å². The molecule has 30 heavy (non-hydrogen) atoms. The number of nitrogens with zero attached hydrogens (tertiary/aromatic N) is 1. The van der Waals surface area contributed by atoms with Gasteiger partial charge >= 0.3 is 0 Å². The van der Waals surface area contributed by atoms with Crippen molar-refractivity contribution in [2.45, 2.75) is 31.8 Å². The predicted octanol–water partition coefficient (Wildman–Crippen LogP) is 4.49. The summed E-state index contributed by atoms with van der Waals surface area (Å²) in [6.45, 7) is 1.82. The summed E-state index contributed by atoms with van der Waals surface area (Å²) in [4.78, 5) is 27.8. The van der Waals surface area contributed by atoms with Crippen LogP contribution in [0.5, 0.6) is 0 Å². The maximum absolute atomic E-state index is 14.6. The van der Waals surface area contributed by atoms with Gasteiger partial charge in [0.1, 0.15) is 11.9 Å². The zero-order valence-corrected chi connectivity index (χ0v) is 16.7. The molecule has 0 aliphatic heterocycles. The van der Waals surface area contributed by atoms with Crippen molar-refractivity contribution in [3.63, 3.8) is 0 Å². The number of nitrogens with two attached hydrogens (primary N) is 1. The third kappa shape index (κ3) is 3.59. The number of carbonyl (C=O) groups excluding carboxylic acids is 2. The summed E-state index contributed by atoms with van der Waals surface area (Å²) in [7, 11) is 0. The Morgan fingerprint density at radius 3 is 2.30 bits per heavy atom. The van der Waals surface area contributed by atoms with Gasteiger partial charge in [-0.3, -0.25) is 9.59 Å². The van der Waals surface area contributed by atoms with Crippen molar-refractivity contribution in [3.05, 3.63) is 106 Å². The maximum Gasteiger partial charge on any atom is 0.255 e. The molecule has 0 aromatic heterocycles. The van der Waals surface area contributed by atoms with Crippen molar-refractivity contribution in [2.24, 2.45) is 5.73 Å². The summed E-state index contributed by atoms with van der Waals surface area (Å²) in [6.07, 6.45) is 1.04. The molecule has 3 aromatic carbocycles. The minimum atomic E-state index is -0.960. The average Bonchev–Trinajstić information content (AvgIpc) is 3.16. The lowest BCUT2D eigenvalue weighted by molar-refractivity contribution is -0.123. The van der Waals surface area contributed by atoms with Crippen LogP contribution in [0.25, 0.3) is 0 Å². The van der Waals surface area contributed by atoms with Gasteiger partial charge < -0.3 is 10.6 Å². The average molecular weight is 402 g/mol. The highest BCUT2D eigenvalue weighted by molar-refractivity contribution is 5.98. The van der Waals surface area contributed by atoms with Gasteiger partial charge in [-0.05, 0) is 60.2 Å². The van der Waals surface area contributed by atoms with E-state index < -0.39 is 18.0 Å². The first-order valence-corrected chi connectivity index (χ1v) is 9.98. The fourth-order valence-corrected chi connectivity index (χ4v) is 4.35. The van der Waals surface area contributed by atoms with Crippen LogP contribution in [0.4, 0.5) is 4.39 Å². The van der Waals surface area contributed by atoms with Crippen molar-refractivity contribution < 1.29 is 14.0 Å². The Kier molecular flexibility index (Phi) is 5.36. The lowest BCUT2D eigenvalue weighted by atomic mass is 9.97. The molecule has 4 nitrogen and oxygen atoms in total. The number of halogens is 1. The lowest BCUT2D eigenvalue weighted by Crippen LogP contribution is -2.43. The highest BCUT2D eigenvalue weighted by Gasteiger charge is 2.40. The topological polar surface area (TPSA) is 63.4 Å². The zero-order chi connectivity index (χ0) is 21.3. The molecule has 152 valence electrons. The number of amides is 2. The van der Waals surface area contributed by atoms with Crippen molar-refractivity contribution >= 4 is 11.8 Å². The summed E-state index contributed by atoms with van der Waals surface area (Å²) in [5.41, 5.74) is 9.05. The Balaban J connectivity index is 1.88. The first-order valence-electron chi connectivity index (χ1n) is 9.98. The van der Waals surface area contributed by atoms with Gasteiger partial charge in [-0.15, -0.1) is 0 Å². The van der Waals surface area contributed by atoms with Gasteiger partial charge in [-0.25, -0.2) is 4.39 Å². The van der Waals surface area contributed by atoms with E-state index in [1.165, 1.54) is 11.0 Å². The van der Waals surface area contributed by atoms with Crippen molar-refractivity contribution in [1.29, 1.82) is 0 Å². The second-order valence-corrected chi connectivity index (χ2v) is 7.66. The summed E-state index contributed by atoms with van der Waals surface area (Å²) in [5, 5.41) is 0. The van der Waals surface area contributed by atoms with E-state index in [2.05, 4.69) is 0 Å². The molecule has 0 saturated heterocycles. The molecule has 2 amide bonds. The molecule has 0 saturated carbocycles. The standard InChI is InChI=1S/C25H23FN2O2/c1-16-14-20-19(21(26)15-16)12-13-22(20)28(25(30)18-10-6-3-7-11-18)23(24(27)29)17-8-4-2-5-9-17/h2-11,14-15,22-23H,12-13H2,1H3,(H2,27,29)/t22-,23-/m1/s1. The van der Waals surface area contributed by atoms with Crippen LogP contribution < -0.4 is 5.73 Å². The van der Waals surface area contributed by atoms with Gasteiger partial charge in [0.05, 0.1) is 6.04 Å². The van der Waals surface area contributed by atoms with Crippen LogP contribution in [0.2, 0.25) is 0 Å². The minimum absolute atomic E-state index is 0.269. The second kappa shape index (κ2) is 8.11. The summed E-state index contributed by atoms with van der Waals surface area (Å²) in [5.74, 6) is -1.19. The van der Waals surface area contributed by atoms with Gasteiger partial charge in [0.2, 0.25) is 5.91 Å². The van der Waals surface area contributed by atoms with E-state index in [0.717, 1.165) is 11.1 Å². The third-order valence-corrected chi connectivity index (χ3v) is 5.66. The molecule has 0 heterocycles. The van der Waals surface area contributed by atoms with E-state index in [1.807, 2.05) is 37.3 Å². The van der Waals surface area contributed by atoms with Crippen molar-refractivity contribution in [1.82, 2.24) is 4.90 Å². The van der Waals surface area contributed by atoms with Gasteiger partial charge in [0.15, 0.2) is 0 Å². The van der Waals surface area contributed by atoms with E-state index >= 15 is 0 Å². The SMILES string of the molecule is Cc1cc(F)c2c(c1)[C@H](N(C(=O)c1ccccc1)[C@@H](C(N)=O)c1ccccc1)CC2. The number of hydrogen-bond donors (Lipinski definition) is 1. The molecule has 1 aliphatic rings. The molecule has 3 aromatic rings. The smallest absolute Gasteiger partial charge is 0.255 e. The van der Waals surface area contributed by atoms with Gasteiger partial charge in [0, 0.05) is 5.56 Å². The van der Waals surface area contributed by atoms with Gasteiger partial charge in [-0.1, -0.05) is 54.6 Å². The Labute approximate surface area is 175 Å². The van der Waals surface area contributed by atoms with E-state index in [-0.39, 0.29) is 11.7 Å². The summed E-state index contributed by atoms with van der Waals surface area (Å²) in [6, 6.07) is 19.8. The molecule has 2 N–H and O–H groups in total. The fraction of sp³-hybridized carbons (Fsp3) is 0.200. The normalized spacial score (nSPS) is 16.0. The highest BCUT2D eigenvalue weighted by Crippen LogP contribution is 2.42. The number of aryl methyl sites for hydroxylation is 1. The Hall–Kier alpha value is -3.47. The molecule has 0 bridgehead atoms. The van der Waals surface area contributed by atoms with Crippen LogP contribution in [-0.2, 0) is 11.2 Å². The number of benzene rings is 3. The maximum atomic E-state index is 14.6. The quantitative estimate of drug-likeness (QED) is 0.683. The minimum Gasteiger partial charge on any atom is -0.368 e. The third-order valence-electron chi connectivity index (χ3n) is 5.66. The summed E-state index contributed by atoms with van der Waals surface area (Å²) < 4.78 is 14.6. The summed E-state index contributed by atoms with van der Waals surface area (Å²) >= 11 is 0. The van der Waals surface area contributed by atoms with Crippen LogP contribution in [0.3, 0.4) is 0 Å². The zero-order valence-electron chi connectivity index (χ0n) is 16.7. The number of fused-ring (bicyclic) bond motifs is 1. The Morgan fingerprint density at radius 1 is 1.03 bits per heavy atom. The fourth-order valence-electron chi connectivity index (χ4n) is 4.35. The molecular weight excluding hydrogens is 379 g/mol. The van der Waals surface area contributed by atoms with Gasteiger partial charge in [0.25, 0.3) is 5.91 Å². The number of rotatable bonds is 5. The molecule has 0 radical (unpaired) electrons. The highest BCUT2D eigenvalue weighted by atomic mass is 19.1. The molecule has 2 atom stereocenters. The monoisotopic (exact) mass is 402 g/mol. The van der Waals surface area contributed by atoms with Crippen molar-refractivity contribution in [3.8, 4) is 0 Å².